The second-order valence-corrected chi connectivity index (χ2v) is 7.72. The zero-order valence-corrected chi connectivity index (χ0v) is 17.8. The Morgan fingerprint density at radius 3 is 2.79 bits per heavy atom. The van der Waals surface area contributed by atoms with E-state index >= 15 is 0 Å². The smallest absolute Gasteiger partial charge is 0.251 e. The number of piperidine rings is 1. The van der Waals surface area contributed by atoms with E-state index in [2.05, 4.69) is 38.9 Å². The van der Waals surface area contributed by atoms with Crippen molar-refractivity contribution in [3.63, 3.8) is 0 Å². The third-order valence-corrected chi connectivity index (χ3v) is 5.48. The highest BCUT2D eigenvalue weighted by molar-refractivity contribution is 6.30. The molecular weight excluding hydrogens is 388 g/mol. The minimum Gasteiger partial charge on any atom is -0.357 e. The maximum Gasteiger partial charge on any atom is 0.251 e. The predicted octanol–water partition coefficient (Wildman–Crippen LogP) is 2.81. The van der Waals surface area contributed by atoms with E-state index in [4.69, 9.17) is 16.6 Å². The van der Waals surface area contributed by atoms with Gasteiger partial charge in [0, 0.05) is 49.2 Å². The minimum absolute atomic E-state index is 0.117. The van der Waals surface area contributed by atoms with Crippen LogP contribution in [0.4, 0.5) is 0 Å². The molecule has 1 aliphatic heterocycles. The molecule has 0 spiro atoms. The molecule has 1 aliphatic rings. The Morgan fingerprint density at radius 2 is 2.10 bits per heavy atom. The third-order valence-electron chi connectivity index (χ3n) is 5.23. The van der Waals surface area contributed by atoms with Gasteiger partial charge in [0.1, 0.15) is 0 Å². The number of imidazole rings is 1. The molecule has 0 saturated carbocycles. The fourth-order valence-corrected chi connectivity index (χ4v) is 3.68. The lowest BCUT2D eigenvalue weighted by Gasteiger charge is -2.39. The van der Waals surface area contributed by atoms with E-state index in [1.165, 1.54) is 0 Å². The van der Waals surface area contributed by atoms with Gasteiger partial charge in [-0.25, -0.2) is 4.98 Å². The summed E-state index contributed by atoms with van der Waals surface area (Å²) < 4.78 is 2.19. The summed E-state index contributed by atoms with van der Waals surface area (Å²) in [6, 6.07) is 7.24. The summed E-state index contributed by atoms with van der Waals surface area (Å²) in [5.74, 6) is 1.36. The van der Waals surface area contributed by atoms with Gasteiger partial charge in [0.05, 0.1) is 18.9 Å². The molecule has 1 saturated heterocycles. The number of likely N-dealkylation sites (tertiary alicyclic amines) is 1. The summed E-state index contributed by atoms with van der Waals surface area (Å²) in [5.41, 5.74) is 0.596. The number of carbonyl (C=O) groups excluding carboxylic acids is 1. The van der Waals surface area contributed by atoms with Crippen LogP contribution in [-0.2, 0) is 0 Å². The third kappa shape index (κ3) is 5.73. The topological polar surface area (TPSA) is 74.6 Å². The fourth-order valence-electron chi connectivity index (χ4n) is 3.56. The number of aromatic nitrogens is 2. The van der Waals surface area contributed by atoms with Gasteiger partial charge in [0.2, 0.25) is 0 Å². The summed E-state index contributed by atoms with van der Waals surface area (Å²) in [6.45, 7) is 8.01. The van der Waals surface area contributed by atoms with Gasteiger partial charge in [-0.05, 0) is 43.5 Å². The molecule has 156 valence electrons. The normalized spacial score (nSPS) is 19.8. The van der Waals surface area contributed by atoms with E-state index in [-0.39, 0.29) is 5.91 Å². The van der Waals surface area contributed by atoms with Crippen LogP contribution in [0.2, 0.25) is 5.02 Å². The van der Waals surface area contributed by atoms with Crippen LogP contribution in [0, 0.1) is 5.92 Å². The number of hydrogen-bond donors (Lipinski definition) is 2. The molecule has 1 amide bonds. The highest BCUT2D eigenvalue weighted by atomic mass is 35.5. The standard InChI is InChI=1S/C21H29ClN6O/c1-3-24-21(26-10-9-25-20(29)17-4-6-18(22)7-5-17)27-12-8-16(2)19(14-27)28-13-11-23-15-28/h4-7,11,13,15-16,19H,3,8-10,12,14H2,1-2H3,(H,24,26)(H,25,29). The van der Waals surface area contributed by atoms with Crippen molar-refractivity contribution >= 4 is 23.5 Å². The van der Waals surface area contributed by atoms with Gasteiger partial charge in [0.15, 0.2) is 5.96 Å². The number of amides is 1. The second kappa shape index (κ2) is 10.3. The first kappa shape index (κ1) is 21.2. The van der Waals surface area contributed by atoms with Gasteiger partial charge < -0.3 is 20.1 Å². The van der Waals surface area contributed by atoms with Crippen LogP contribution in [0.5, 0.6) is 0 Å². The van der Waals surface area contributed by atoms with Gasteiger partial charge in [-0.3, -0.25) is 9.79 Å². The number of carbonyl (C=O) groups is 1. The molecule has 29 heavy (non-hydrogen) atoms. The number of nitrogens with zero attached hydrogens (tertiary/aromatic N) is 4. The predicted molar refractivity (Wildman–Crippen MR) is 116 cm³/mol. The Morgan fingerprint density at radius 1 is 1.31 bits per heavy atom. The maximum absolute atomic E-state index is 12.2. The number of halogens is 1. The quantitative estimate of drug-likeness (QED) is 0.431. The Hall–Kier alpha value is -2.54. The van der Waals surface area contributed by atoms with Crippen molar-refractivity contribution in [2.75, 3.05) is 32.7 Å². The number of aliphatic imine (C=N–C) groups is 1. The summed E-state index contributed by atoms with van der Waals surface area (Å²) in [6.07, 6.45) is 6.84. The first-order valence-electron chi connectivity index (χ1n) is 10.1. The van der Waals surface area contributed by atoms with E-state index in [9.17, 15) is 4.79 Å². The zero-order chi connectivity index (χ0) is 20.6. The van der Waals surface area contributed by atoms with Crippen molar-refractivity contribution in [3.05, 3.63) is 53.6 Å². The fraction of sp³-hybridized carbons (Fsp3) is 0.476. The van der Waals surface area contributed by atoms with Crippen LogP contribution >= 0.6 is 11.6 Å². The van der Waals surface area contributed by atoms with E-state index in [0.717, 1.165) is 32.0 Å². The molecule has 0 aliphatic carbocycles. The van der Waals surface area contributed by atoms with Crippen molar-refractivity contribution in [1.29, 1.82) is 0 Å². The molecule has 1 aromatic heterocycles. The van der Waals surface area contributed by atoms with E-state index in [1.54, 1.807) is 24.3 Å². The lowest BCUT2D eigenvalue weighted by molar-refractivity contribution is 0.0954. The number of hydrogen-bond acceptors (Lipinski definition) is 3. The van der Waals surface area contributed by atoms with E-state index in [1.807, 2.05) is 18.7 Å². The van der Waals surface area contributed by atoms with Crippen molar-refractivity contribution in [3.8, 4) is 0 Å². The first-order chi connectivity index (χ1) is 14.1. The highest BCUT2D eigenvalue weighted by Crippen LogP contribution is 2.27. The lowest BCUT2D eigenvalue weighted by Crippen LogP contribution is -2.49. The summed E-state index contributed by atoms with van der Waals surface area (Å²) in [7, 11) is 0. The molecule has 2 unspecified atom stereocenters. The second-order valence-electron chi connectivity index (χ2n) is 7.29. The number of guanidine groups is 1. The van der Waals surface area contributed by atoms with Gasteiger partial charge in [0.25, 0.3) is 5.91 Å². The van der Waals surface area contributed by atoms with Crippen molar-refractivity contribution in [1.82, 2.24) is 25.1 Å². The van der Waals surface area contributed by atoms with E-state index in [0.29, 0.717) is 35.6 Å². The molecule has 0 radical (unpaired) electrons. The molecular formula is C21H29ClN6O. The van der Waals surface area contributed by atoms with Gasteiger partial charge in [-0.2, -0.15) is 0 Å². The maximum atomic E-state index is 12.2. The molecule has 7 nitrogen and oxygen atoms in total. The molecule has 1 fully saturated rings. The van der Waals surface area contributed by atoms with E-state index < -0.39 is 0 Å². The molecule has 2 atom stereocenters. The number of rotatable bonds is 6. The average Bonchev–Trinajstić information content (AvgIpc) is 3.26. The van der Waals surface area contributed by atoms with Crippen LogP contribution in [0.1, 0.15) is 36.7 Å². The largest absolute Gasteiger partial charge is 0.357 e. The molecule has 3 rings (SSSR count). The van der Waals surface area contributed by atoms with Crippen molar-refractivity contribution < 1.29 is 4.79 Å². The van der Waals surface area contributed by atoms with Crippen LogP contribution in [0.15, 0.2) is 48.0 Å². The molecule has 2 heterocycles. The Kier molecular flexibility index (Phi) is 7.52. The van der Waals surface area contributed by atoms with Crippen LogP contribution in [0.3, 0.4) is 0 Å². The summed E-state index contributed by atoms with van der Waals surface area (Å²) in [5, 5.41) is 6.91. The molecule has 0 bridgehead atoms. The number of nitrogens with one attached hydrogen (secondary N) is 2. The van der Waals surface area contributed by atoms with Gasteiger partial charge >= 0.3 is 0 Å². The molecule has 1 aromatic carbocycles. The molecule has 8 heteroatoms. The molecule has 2 aromatic rings. The summed E-state index contributed by atoms with van der Waals surface area (Å²) >= 11 is 5.87. The van der Waals surface area contributed by atoms with Crippen LogP contribution in [-0.4, -0.2) is 59.0 Å². The van der Waals surface area contributed by atoms with Crippen molar-refractivity contribution in [2.24, 2.45) is 10.9 Å². The van der Waals surface area contributed by atoms with Gasteiger partial charge in [-0.15, -0.1) is 0 Å². The lowest BCUT2D eigenvalue weighted by atomic mass is 9.93. The van der Waals surface area contributed by atoms with Crippen LogP contribution < -0.4 is 10.6 Å². The van der Waals surface area contributed by atoms with Gasteiger partial charge in [-0.1, -0.05) is 18.5 Å². The monoisotopic (exact) mass is 416 g/mol. The van der Waals surface area contributed by atoms with Crippen molar-refractivity contribution in [2.45, 2.75) is 26.3 Å². The minimum atomic E-state index is -0.117. The Balaban J connectivity index is 1.56. The van der Waals surface area contributed by atoms with Crippen LogP contribution in [0.25, 0.3) is 0 Å². The Labute approximate surface area is 177 Å². The zero-order valence-electron chi connectivity index (χ0n) is 17.0. The summed E-state index contributed by atoms with van der Waals surface area (Å²) in [4.78, 5) is 23.4. The number of benzene rings is 1. The Bertz CT molecular complexity index is 805. The highest BCUT2D eigenvalue weighted by Gasteiger charge is 2.28. The average molecular weight is 417 g/mol. The SMILES string of the molecule is CCNC(=NCCNC(=O)c1ccc(Cl)cc1)N1CCC(C)C(n2ccnc2)C1. The molecule has 2 N–H and O–H groups in total. The first-order valence-corrected chi connectivity index (χ1v) is 10.5.